The zero-order valence-electron chi connectivity index (χ0n) is 11.4. The van der Waals surface area contributed by atoms with Crippen molar-refractivity contribution in [2.24, 2.45) is 0 Å². The summed E-state index contributed by atoms with van der Waals surface area (Å²) in [4.78, 5) is 4.03. The van der Waals surface area contributed by atoms with Crippen molar-refractivity contribution >= 4 is 12.6 Å². The average molecular weight is 244 g/mol. The van der Waals surface area contributed by atoms with Gasteiger partial charge < -0.3 is 9.31 Å². The van der Waals surface area contributed by atoms with Crippen LogP contribution in [0.4, 0.5) is 0 Å². The predicted molar refractivity (Wildman–Crippen MR) is 69.4 cm³/mol. The number of rotatable bonds is 1. The minimum atomic E-state index is -0.440. The van der Waals surface area contributed by atoms with E-state index in [0.29, 0.717) is 5.69 Å². The van der Waals surface area contributed by atoms with E-state index in [9.17, 15) is 0 Å². The molecule has 0 spiro atoms. The second kappa shape index (κ2) is 4.08. The van der Waals surface area contributed by atoms with Gasteiger partial charge in [-0.2, -0.15) is 5.26 Å². The smallest absolute Gasteiger partial charge is 0.399 e. The van der Waals surface area contributed by atoms with E-state index >= 15 is 0 Å². The summed E-state index contributed by atoms with van der Waals surface area (Å²) >= 11 is 0. The first-order chi connectivity index (χ1) is 8.28. The molecule has 0 radical (unpaired) electrons. The average Bonchev–Trinajstić information content (AvgIpc) is 2.48. The Labute approximate surface area is 108 Å². The van der Waals surface area contributed by atoms with E-state index in [0.717, 1.165) is 11.0 Å². The van der Waals surface area contributed by atoms with Gasteiger partial charge in [-0.3, -0.25) is 0 Å². The monoisotopic (exact) mass is 244 g/mol. The number of pyridine rings is 1. The Bertz CT molecular complexity index is 504. The molecule has 1 aromatic heterocycles. The zero-order chi connectivity index (χ0) is 13.6. The predicted octanol–water partition coefficient (Wildman–Crippen LogP) is 1.56. The van der Waals surface area contributed by atoms with Crippen molar-refractivity contribution in [3.05, 3.63) is 23.5 Å². The Hall–Kier alpha value is -1.38. The number of nitrogens with zero attached hydrogens (tertiary/aromatic N) is 2. The maximum Gasteiger partial charge on any atom is 0.495 e. The Kier molecular flexibility index (Phi) is 2.96. The van der Waals surface area contributed by atoms with Crippen molar-refractivity contribution < 1.29 is 9.31 Å². The van der Waals surface area contributed by atoms with Crippen molar-refractivity contribution in [1.82, 2.24) is 4.98 Å². The molecule has 0 bridgehead atoms. The Morgan fingerprint density at radius 1 is 1.22 bits per heavy atom. The van der Waals surface area contributed by atoms with Crippen LogP contribution in [0.3, 0.4) is 0 Å². The number of nitriles is 1. The van der Waals surface area contributed by atoms with Crippen LogP contribution in [0.1, 0.15) is 39.0 Å². The van der Waals surface area contributed by atoms with Crippen molar-refractivity contribution in [2.45, 2.75) is 45.8 Å². The van der Waals surface area contributed by atoms with Gasteiger partial charge in [0.25, 0.3) is 0 Å². The summed E-state index contributed by atoms with van der Waals surface area (Å²) in [5.74, 6) is 0. The van der Waals surface area contributed by atoms with Gasteiger partial charge in [-0.1, -0.05) is 0 Å². The van der Waals surface area contributed by atoms with Crippen molar-refractivity contribution in [1.29, 1.82) is 5.26 Å². The Morgan fingerprint density at radius 2 is 1.78 bits per heavy atom. The number of hydrogen-bond donors (Lipinski definition) is 0. The second-order valence-corrected chi connectivity index (χ2v) is 5.57. The SMILES string of the molecule is Cc1c(B2OC(C)(C)C(C)(C)O2)ccnc1C#N. The van der Waals surface area contributed by atoms with E-state index in [-0.39, 0.29) is 11.2 Å². The first kappa shape index (κ1) is 13.1. The molecule has 5 heteroatoms. The largest absolute Gasteiger partial charge is 0.495 e. The van der Waals surface area contributed by atoms with Gasteiger partial charge in [0.15, 0.2) is 0 Å². The zero-order valence-corrected chi connectivity index (χ0v) is 11.4. The lowest BCUT2D eigenvalue weighted by Crippen LogP contribution is -2.41. The lowest BCUT2D eigenvalue weighted by atomic mass is 9.76. The molecular formula is C13H17BN2O2. The molecule has 18 heavy (non-hydrogen) atoms. The van der Waals surface area contributed by atoms with Crippen LogP contribution >= 0.6 is 0 Å². The maximum atomic E-state index is 9.00. The highest BCUT2D eigenvalue weighted by atomic mass is 16.7. The third-order valence-corrected chi connectivity index (χ3v) is 3.86. The standard InChI is InChI=1S/C13H17BN2O2/c1-9-10(6-7-16-11(9)8-15)14-17-12(2,3)13(4,5)18-14/h6-7H,1-5H3. The van der Waals surface area contributed by atoms with E-state index in [1.807, 2.05) is 40.7 Å². The molecule has 2 heterocycles. The molecule has 94 valence electrons. The molecule has 0 aliphatic carbocycles. The number of hydrogen-bond acceptors (Lipinski definition) is 4. The van der Waals surface area contributed by atoms with Gasteiger partial charge in [0.1, 0.15) is 11.8 Å². The van der Waals surface area contributed by atoms with Crippen LogP contribution in [0.2, 0.25) is 0 Å². The fourth-order valence-corrected chi connectivity index (χ4v) is 1.89. The molecule has 0 saturated carbocycles. The molecule has 0 amide bonds. The lowest BCUT2D eigenvalue weighted by Gasteiger charge is -2.32. The fraction of sp³-hybridized carbons (Fsp3) is 0.538. The summed E-state index contributed by atoms with van der Waals surface area (Å²) in [7, 11) is -0.440. The topological polar surface area (TPSA) is 55.1 Å². The third kappa shape index (κ3) is 1.92. The van der Waals surface area contributed by atoms with Gasteiger partial charge in [0.05, 0.1) is 11.2 Å². The minimum absolute atomic E-state index is 0.375. The van der Waals surface area contributed by atoms with Crippen LogP contribution in [0.5, 0.6) is 0 Å². The third-order valence-electron chi connectivity index (χ3n) is 3.86. The maximum absolute atomic E-state index is 9.00. The van der Waals surface area contributed by atoms with Gasteiger partial charge in [-0.05, 0) is 51.7 Å². The van der Waals surface area contributed by atoms with E-state index in [2.05, 4.69) is 11.1 Å². The molecule has 0 unspecified atom stereocenters. The Balaban J connectivity index is 2.39. The van der Waals surface area contributed by atoms with Crippen molar-refractivity contribution in [3.63, 3.8) is 0 Å². The number of aromatic nitrogens is 1. The van der Waals surface area contributed by atoms with Crippen LogP contribution < -0.4 is 5.46 Å². The van der Waals surface area contributed by atoms with Gasteiger partial charge in [0, 0.05) is 6.20 Å². The van der Waals surface area contributed by atoms with Crippen molar-refractivity contribution in [3.8, 4) is 6.07 Å². The quantitative estimate of drug-likeness (QED) is 0.703. The summed E-state index contributed by atoms with van der Waals surface area (Å²) in [6.45, 7) is 9.90. The molecule has 1 fully saturated rings. The van der Waals surface area contributed by atoms with Gasteiger partial charge in [-0.25, -0.2) is 4.98 Å². The molecule has 1 aromatic rings. The van der Waals surface area contributed by atoms with Crippen LogP contribution in [0.25, 0.3) is 0 Å². The van der Waals surface area contributed by atoms with Crippen LogP contribution in [-0.4, -0.2) is 23.3 Å². The van der Waals surface area contributed by atoms with E-state index in [1.54, 1.807) is 6.20 Å². The van der Waals surface area contributed by atoms with Crippen molar-refractivity contribution in [2.75, 3.05) is 0 Å². The summed E-state index contributed by atoms with van der Waals surface area (Å²) < 4.78 is 11.9. The van der Waals surface area contributed by atoms with E-state index in [4.69, 9.17) is 14.6 Å². The van der Waals surface area contributed by atoms with E-state index in [1.165, 1.54) is 0 Å². The highest BCUT2D eigenvalue weighted by Gasteiger charge is 2.52. The molecular weight excluding hydrogens is 227 g/mol. The summed E-state index contributed by atoms with van der Waals surface area (Å²) in [5.41, 5.74) is 1.36. The molecule has 0 aromatic carbocycles. The minimum Gasteiger partial charge on any atom is -0.399 e. The summed E-state index contributed by atoms with van der Waals surface area (Å²) in [6.07, 6.45) is 1.62. The van der Waals surface area contributed by atoms with Crippen LogP contribution in [0, 0.1) is 18.3 Å². The summed E-state index contributed by atoms with van der Waals surface area (Å²) in [5, 5.41) is 9.00. The first-order valence-electron chi connectivity index (χ1n) is 6.00. The second-order valence-electron chi connectivity index (χ2n) is 5.57. The molecule has 1 aliphatic heterocycles. The molecule has 0 N–H and O–H groups in total. The van der Waals surface area contributed by atoms with Crippen LogP contribution in [0.15, 0.2) is 12.3 Å². The van der Waals surface area contributed by atoms with Gasteiger partial charge in [-0.15, -0.1) is 0 Å². The molecule has 2 rings (SSSR count). The molecule has 1 saturated heterocycles. The first-order valence-corrected chi connectivity index (χ1v) is 6.00. The highest BCUT2D eigenvalue weighted by molar-refractivity contribution is 6.62. The van der Waals surface area contributed by atoms with Gasteiger partial charge >= 0.3 is 7.12 Å². The molecule has 1 aliphatic rings. The Morgan fingerprint density at radius 3 is 2.28 bits per heavy atom. The fourth-order valence-electron chi connectivity index (χ4n) is 1.89. The molecule has 0 atom stereocenters. The van der Waals surface area contributed by atoms with Crippen LogP contribution in [-0.2, 0) is 9.31 Å². The molecule has 4 nitrogen and oxygen atoms in total. The van der Waals surface area contributed by atoms with E-state index < -0.39 is 7.12 Å². The van der Waals surface area contributed by atoms with Gasteiger partial charge in [0.2, 0.25) is 0 Å². The normalized spacial score (nSPS) is 20.8. The lowest BCUT2D eigenvalue weighted by molar-refractivity contribution is 0.00578. The highest BCUT2D eigenvalue weighted by Crippen LogP contribution is 2.36. The summed E-state index contributed by atoms with van der Waals surface area (Å²) in [6, 6.07) is 3.92.